The molecule has 0 aliphatic rings. The van der Waals surface area contributed by atoms with Crippen LogP contribution in [0.2, 0.25) is 0 Å². The molecule has 0 aliphatic carbocycles. The van der Waals surface area contributed by atoms with Crippen LogP contribution in [-0.2, 0) is 17.8 Å². The van der Waals surface area contributed by atoms with Gasteiger partial charge in [0, 0.05) is 11.9 Å². The maximum Gasteiger partial charge on any atom is 0.352 e. The van der Waals surface area contributed by atoms with Gasteiger partial charge < -0.3 is 15.0 Å². The smallest absolute Gasteiger partial charge is 0.352 e. The van der Waals surface area contributed by atoms with Crippen molar-refractivity contribution in [3.05, 3.63) is 53.9 Å². The zero-order valence-electron chi connectivity index (χ0n) is 11.2. The highest BCUT2D eigenvalue weighted by Crippen LogP contribution is 2.10. The standard InChI is InChI=1S/C15H16N2O3/c1-2-11-5-7-12(8-6-11)16-14(18)10-17-9-3-4-13(17)15(19)20/h3-9H,2,10H2,1H3,(H,16,18)(H,19,20). The van der Waals surface area contributed by atoms with Crippen molar-refractivity contribution in [3.8, 4) is 0 Å². The van der Waals surface area contributed by atoms with Gasteiger partial charge in [0.2, 0.25) is 5.91 Å². The third kappa shape index (κ3) is 3.26. The lowest BCUT2D eigenvalue weighted by molar-refractivity contribution is -0.116. The molecule has 20 heavy (non-hydrogen) atoms. The lowest BCUT2D eigenvalue weighted by Gasteiger charge is -2.08. The SMILES string of the molecule is CCc1ccc(NC(=O)Cn2cccc2C(=O)O)cc1. The fourth-order valence-corrected chi connectivity index (χ4v) is 1.93. The van der Waals surface area contributed by atoms with Crippen molar-refractivity contribution in [2.24, 2.45) is 0 Å². The lowest BCUT2D eigenvalue weighted by atomic mass is 10.1. The summed E-state index contributed by atoms with van der Waals surface area (Å²) in [5, 5.41) is 11.7. The van der Waals surface area contributed by atoms with Crippen molar-refractivity contribution in [1.29, 1.82) is 0 Å². The van der Waals surface area contributed by atoms with Gasteiger partial charge in [-0.1, -0.05) is 19.1 Å². The quantitative estimate of drug-likeness (QED) is 0.877. The summed E-state index contributed by atoms with van der Waals surface area (Å²) in [7, 11) is 0. The van der Waals surface area contributed by atoms with Crippen molar-refractivity contribution in [1.82, 2.24) is 4.57 Å². The number of rotatable bonds is 5. The summed E-state index contributed by atoms with van der Waals surface area (Å²) in [5.41, 5.74) is 2.00. The Morgan fingerprint density at radius 2 is 1.90 bits per heavy atom. The van der Waals surface area contributed by atoms with Crippen LogP contribution in [0.4, 0.5) is 5.69 Å². The number of nitrogens with zero attached hydrogens (tertiary/aromatic N) is 1. The van der Waals surface area contributed by atoms with Crippen LogP contribution in [0, 0.1) is 0 Å². The van der Waals surface area contributed by atoms with Gasteiger partial charge in [0.15, 0.2) is 0 Å². The molecule has 5 nitrogen and oxygen atoms in total. The first-order chi connectivity index (χ1) is 9.60. The summed E-state index contributed by atoms with van der Waals surface area (Å²) in [6, 6.07) is 10.6. The molecule has 0 fully saturated rings. The first kappa shape index (κ1) is 13.9. The number of carbonyl (C=O) groups is 2. The van der Waals surface area contributed by atoms with Crippen molar-refractivity contribution < 1.29 is 14.7 Å². The first-order valence-corrected chi connectivity index (χ1v) is 6.37. The first-order valence-electron chi connectivity index (χ1n) is 6.37. The number of benzene rings is 1. The second-order valence-electron chi connectivity index (χ2n) is 4.43. The van der Waals surface area contributed by atoms with E-state index >= 15 is 0 Å². The van der Waals surface area contributed by atoms with E-state index in [2.05, 4.69) is 12.2 Å². The topological polar surface area (TPSA) is 71.3 Å². The van der Waals surface area contributed by atoms with E-state index in [-0.39, 0.29) is 18.1 Å². The fourth-order valence-electron chi connectivity index (χ4n) is 1.93. The molecule has 0 unspecified atom stereocenters. The Bertz CT molecular complexity index is 614. The minimum absolute atomic E-state index is 0.0236. The molecule has 1 aromatic carbocycles. The molecule has 5 heteroatoms. The van der Waals surface area contributed by atoms with E-state index in [1.54, 1.807) is 12.3 Å². The number of carbonyl (C=O) groups excluding carboxylic acids is 1. The number of hydrogen-bond donors (Lipinski definition) is 2. The molecule has 0 bridgehead atoms. The van der Waals surface area contributed by atoms with E-state index in [0.717, 1.165) is 6.42 Å². The number of carboxylic acid groups (broad SMARTS) is 1. The second-order valence-corrected chi connectivity index (χ2v) is 4.43. The Balaban J connectivity index is 2.01. The Hall–Kier alpha value is -2.56. The predicted molar refractivity (Wildman–Crippen MR) is 75.8 cm³/mol. The largest absolute Gasteiger partial charge is 0.477 e. The Labute approximate surface area is 116 Å². The van der Waals surface area contributed by atoms with Gasteiger partial charge in [-0.3, -0.25) is 4.79 Å². The Kier molecular flexibility index (Phi) is 4.20. The molecule has 0 saturated carbocycles. The van der Waals surface area contributed by atoms with Gasteiger partial charge >= 0.3 is 5.97 Å². The van der Waals surface area contributed by atoms with E-state index < -0.39 is 5.97 Å². The summed E-state index contributed by atoms with van der Waals surface area (Å²) in [6.45, 7) is 2.04. The molecule has 0 saturated heterocycles. The molecule has 0 radical (unpaired) electrons. The van der Waals surface area contributed by atoms with Gasteiger partial charge in [-0.05, 0) is 36.2 Å². The molecule has 2 aromatic rings. The fraction of sp³-hybridized carbons (Fsp3) is 0.200. The van der Waals surface area contributed by atoms with Crippen molar-refractivity contribution in [2.75, 3.05) is 5.32 Å². The maximum absolute atomic E-state index is 11.9. The van der Waals surface area contributed by atoms with Crippen LogP contribution in [0.5, 0.6) is 0 Å². The zero-order chi connectivity index (χ0) is 14.5. The number of nitrogens with one attached hydrogen (secondary N) is 1. The molecule has 1 aromatic heterocycles. The molecule has 2 N–H and O–H groups in total. The van der Waals surface area contributed by atoms with Crippen molar-refractivity contribution in [2.45, 2.75) is 19.9 Å². The van der Waals surface area contributed by atoms with E-state index in [4.69, 9.17) is 5.11 Å². The van der Waals surface area contributed by atoms with Crippen LogP contribution in [0.15, 0.2) is 42.6 Å². The second kappa shape index (κ2) is 6.06. The molecule has 0 atom stereocenters. The summed E-state index contributed by atoms with van der Waals surface area (Å²) in [5.74, 6) is -1.30. The van der Waals surface area contributed by atoms with Crippen molar-refractivity contribution in [3.63, 3.8) is 0 Å². The van der Waals surface area contributed by atoms with E-state index in [0.29, 0.717) is 5.69 Å². The highest BCUT2D eigenvalue weighted by atomic mass is 16.4. The predicted octanol–water partition coefficient (Wildman–Crippen LogP) is 2.39. The number of aromatic nitrogens is 1. The van der Waals surface area contributed by atoms with E-state index in [9.17, 15) is 9.59 Å². The number of aryl methyl sites for hydroxylation is 1. The van der Waals surface area contributed by atoms with E-state index in [1.165, 1.54) is 16.2 Å². The number of carboxylic acids is 1. The zero-order valence-corrected chi connectivity index (χ0v) is 11.2. The van der Waals surface area contributed by atoms with Crippen LogP contribution in [-0.4, -0.2) is 21.6 Å². The molecule has 2 rings (SSSR count). The highest BCUT2D eigenvalue weighted by molar-refractivity contribution is 5.92. The third-order valence-electron chi connectivity index (χ3n) is 3.01. The average Bonchev–Trinajstić information content (AvgIpc) is 2.87. The minimum Gasteiger partial charge on any atom is -0.477 e. The summed E-state index contributed by atoms with van der Waals surface area (Å²) in [4.78, 5) is 22.8. The van der Waals surface area contributed by atoms with Crippen molar-refractivity contribution >= 4 is 17.6 Å². The number of anilines is 1. The van der Waals surface area contributed by atoms with Gasteiger partial charge in [0.05, 0.1) is 0 Å². The molecule has 0 aliphatic heterocycles. The maximum atomic E-state index is 11.9. The molecule has 1 heterocycles. The van der Waals surface area contributed by atoms with Crippen LogP contribution >= 0.6 is 0 Å². The Morgan fingerprint density at radius 3 is 2.50 bits per heavy atom. The van der Waals surface area contributed by atoms with Gasteiger partial charge in [0.25, 0.3) is 0 Å². The summed E-state index contributed by atoms with van der Waals surface area (Å²) >= 11 is 0. The van der Waals surface area contributed by atoms with Gasteiger partial charge in [-0.25, -0.2) is 4.79 Å². The molecule has 104 valence electrons. The molecular formula is C15H16N2O3. The van der Waals surface area contributed by atoms with Gasteiger partial charge in [-0.15, -0.1) is 0 Å². The third-order valence-corrected chi connectivity index (χ3v) is 3.01. The van der Waals surface area contributed by atoms with Gasteiger partial charge in [0.1, 0.15) is 12.2 Å². The van der Waals surface area contributed by atoms with Crippen LogP contribution in [0.3, 0.4) is 0 Å². The van der Waals surface area contributed by atoms with Crippen LogP contribution in [0.1, 0.15) is 23.0 Å². The molecule has 0 spiro atoms. The highest BCUT2D eigenvalue weighted by Gasteiger charge is 2.11. The number of aromatic carboxylic acids is 1. The minimum atomic E-state index is -1.05. The summed E-state index contributed by atoms with van der Waals surface area (Å²) < 4.78 is 1.40. The monoisotopic (exact) mass is 272 g/mol. The number of hydrogen-bond acceptors (Lipinski definition) is 2. The molecular weight excluding hydrogens is 256 g/mol. The summed E-state index contributed by atoms with van der Waals surface area (Å²) in [6.07, 6.45) is 2.52. The van der Waals surface area contributed by atoms with E-state index in [1.807, 2.05) is 24.3 Å². The van der Waals surface area contributed by atoms with Crippen LogP contribution in [0.25, 0.3) is 0 Å². The van der Waals surface area contributed by atoms with Gasteiger partial charge in [-0.2, -0.15) is 0 Å². The Morgan fingerprint density at radius 1 is 1.20 bits per heavy atom. The van der Waals surface area contributed by atoms with Crippen LogP contribution < -0.4 is 5.32 Å². The molecule has 1 amide bonds. The lowest BCUT2D eigenvalue weighted by Crippen LogP contribution is -2.20. The number of amides is 1. The average molecular weight is 272 g/mol. The normalized spacial score (nSPS) is 10.2.